The van der Waals surface area contributed by atoms with Crippen molar-refractivity contribution in [3.05, 3.63) is 0 Å². The van der Waals surface area contributed by atoms with Crippen LogP contribution in [0.25, 0.3) is 0 Å². The molecule has 0 aromatic heterocycles. The average Bonchev–Trinajstić information content (AvgIpc) is 0. The third-order valence-electron chi connectivity index (χ3n) is 0. The summed E-state index contributed by atoms with van der Waals surface area (Å²) in [5.41, 5.74) is 0. The molecule has 0 rings (SSSR count). The molecule has 24 valence electrons. The molecule has 0 unspecified atom stereocenters. The Morgan fingerprint density at radius 2 is 0.500 bits per heavy atom. The Hall–Kier alpha value is 0.620. The zero-order chi connectivity index (χ0) is 0. The minimum absolute atomic E-state index is 0. The van der Waals surface area contributed by atoms with Gasteiger partial charge in [-0.2, -0.15) is 0 Å². The predicted octanol–water partition coefficient (Wildman–Crippen LogP) is -0.359. The number of hydrogen-bond acceptors (Lipinski definition) is 0. The monoisotopic (exact) mass is 229 g/mol. The summed E-state index contributed by atoms with van der Waals surface area (Å²) in [6.45, 7) is 0. The molecule has 0 aromatic carbocycles. The third kappa shape index (κ3) is 17.9. The van der Waals surface area contributed by atoms with Crippen molar-refractivity contribution in [2.45, 2.75) is 0 Å². The molecule has 0 spiro atoms. The molecule has 0 saturated heterocycles. The SMILES string of the molecule is [O-2].[O-2].[O-2].[Ta+5]. The van der Waals surface area contributed by atoms with Crippen molar-refractivity contribution < 1.29 is 38.8 Å². The quantitative estimate of drug-likeness (QED) is 0.543. The van der Waals surface area contributed by atoms with Crippen LogP contribution in [0, 0.1) is 0 Å². The van der Waals surface area contributed by atoms with Crippen LogP contribution in [0.5, 0.6) is 0 Å². The Morgan fingerprint density at radius 3 is 0.500 bits per heavy atom. The molecule has 0 heterocycles. The summed E-state index contributed by atoms with van der Waals surface area (Å²) in [5, 5.41) is 0. The molecule has 0 aromatic rings. The van der Waals surface area contributed by atoms with Crippen LogP contribution in [0.15, 0.2) is 0 Å². The molecule has 0 bridgehead atoms. The fraction of sp³-hybridized carbons (Fsp3) is 0. The van der Waals surface area contributed by atoms with Gasteiger partial charge in [0.15, 0.2) is 0 Å². The molecule has 0 N–H and O–H groups in total. The smallest absolute Gasteiger partial charge is 2.00 e. The Morgan fingerprint density at radius 1 is 0.500 bits per heavy atom. The van der Waals surface area contributed by atoms with Gasteiger partial charge in [0.2, 0.25) is 0 Å². The fourth-order valence-corrected chi connectivity index (χ4v) is 0. The van der Waals surface area contributed by atoms with Gasteiger partial charge in [-0.3, -0.25) is 0 Å². The van der Waals surface area contributed by atoms with Gasteiger partial charge in [0.25, 0.3) is 0 Å². The first-order valence-electron chi connectivity index (χ1n) is 0. The normalized spacial score (nSPS) is 0. The number of rotatable bonds is 0. The van der Waals surface area contributed by atoms with Gasteiger partial charge in [-0.05, 0) is 0 Å². The van der Waals surface area contributed by atoms with Crippen molar-refractivity contribution in [2.75, 3.05) is 0 Å². The predicted molar refractivity (Wildman–Crippen MR) is 2.06 cm³/mol. The van der Waals surface area contributed by atoms with Crippen LogP contribution in [-0.2, 0) is 38.8 Å². The van der Waals surface area contributed by atoms with E-state index in [-0.39, 0.29) is 38.8 Å². The van der Waals surface area contributed by atoms with E-state index >= 15 is 0 Å². The van der Waals surface area contributed by atoms with E-state index in [1.54, 1.807) is 0 Å². The maximum absolute atomic E-state index is 0. The Balaban J connectivity index is 0. The molecule has 0 saturated carbocycles. The molecule has 0 atom stereocenters. The second-order valence-electron chi connectivity index (χ2n) is 0. The first-order valence-corrected chi connectivity index (χ1v) is 0. The minimum Gasteiger partial charge on any atom is -2.00 e. The largest absolute Gasteiger partial charge is 5.00 e. The first-order chi connectivity index (χ1) is 0. The standard InChI is InChI=1S/3O.Ta/q3*-2;+5. The summed E-state index contributed by atoms with van der Waals surface area (Å²) < 4.78 is 0. The van der Waals surface area contributed by atoms with Gasteiger partial charge < -0.3 is 16.4 Å². The van der Waals surface area contributed by atoms with Crippen molar-refractivity contribution in [1.82, 2.24) is 0 Å². The van der Waals surface area contributed by atoms with E-state index in [0.29, 0.717) is 0 Å². The minimum atomic E-state index is 0. The van der Waals surface area contributed by atoms with Crippen LogP contribution in [0.4, 0.5) is 0 Å². The van der Waals surface area contributed by atoms with Gasteiger partial charge in [-0.15, -0.1) is 0 Å². The third-order valence-corrected chi connectivity index (χ3v) is 0. The van der Waals surface area contributed by atoms with Crippen LogP contribution in [-0.4, -0.2) is 0 Å². The van der Waals surface area contributed by atoms with Gasteiger partial charge >= 0.3 is 22.4 Å². The number of hydrogen-bond donors (Lipinski definition) is 0. The van der Waals surface area contributed by atoms with Crippen molar-refractivity contribution in [3.8, 4) is 0 Å². The van der Waals surface area contributed by atoms with Crippen molar-refractivity contribution >= 4 is 0 Å². The molecular weight excluding hydrogens is 229 g/mol. The summed E-state index contributed by atoms with van der Waals surface area (Å²) in [5.74, 6) is 0. The maximum atomic E-state index is 0. The van der Waals surface area contributed by atoms with Crippen LogP contribution < -0.4 is 0 Å². The summed E-state index contributed by atoms with van der Waals surface area (Å²) in [7, 11) is 0. The second-order valence-corrected chi connectivity index (χ2v) is 0. The summed E-state index contributed by atoms with van der Waals surface area (Å²) in [4.78, 5) is 0. The van der Waals surface area contributed by atoms with E-state index in [1.165, 1.54) is 0 Å². The van der Waals surface area contributed by atoms with E-state index in [4.69, 9.17) is 0 Å². The zero-order valence-corrected chi connectivity index (χ0v) is 4.89. The van der Waals surface area contributed by atoms with E-state index in [1.807, 2.05) is 0 Å². The summed E-state index contributed by atoms with van der Waals surface area (Å²) in [6.07, 6.45) is 0. The van der Waals surface area contributed by atoms with E-state index < -0.39 is 0 Å². The van der Waals surface area contributed by atoms with Crippen molar-refractivity contribution in [3.63, 3.8) is 0 Å². The second kappa shape index (κ2) is 64.6. The Kier molecular flexibility index (Phi) is 2540. The van der Waals surface area contributed by atoms with E-state index in [0.717, 1.165) is 0 Å². The van der Waals surface area contributed by atoms with Gasteiger partial charge in [0.1, 0.15) is 0 Å². The molecule has 3 nitrogen and oxygen atoms in total. The topological polar surface area (TPSA) is 85.5 Å². The molecule has 4 heteroatoms. The van der Waals surface area contributed by atoms with Crippen molar-refractivity contribution in [2.24, 2.45) is 0 Å². The molecule has 0 aliphatic rings. The molecule has 0 radical (unpaired) electrons. The molecule has 0 aliphatic carbocycles. The molecule has 4 heavy (non-hydrogen) atoms. The average molecular weight is 229 g/mol. The molecule has 0 fully saturated rings. The molecule has 0 aliphatic heterocycles. The zero-order valence-electron chi connectivity index (χ0n) is 1.67. The maximum Gasteiger partial charge on any atom is 5.00 e. The van der Waals surface area contributed by atoms with Crippen LogP contribution in [0.3, 0.4) is 0 Å². The molecular formula is O3Ta-. The van der Waals surface area contributed by atoms with Gasteiger partial charge in [-0.1, -0.05) is 0 Å². The van der Waals surface area contributed by atoms with E-state index in [2.05, 4.69) is 0 Å². The van der Waals surface area contributed by atoms with Gasteiger partial charge in [0.05, 0.1) is 0 Å². The van der Waals surface area contributed by atoms with Crippen LogP contribution >= 0.6 is 0 Å². The first kappa shape index (κ1) is 157. The van der Waals surface area contributed by atoms with Gasteiger partial charge in [-0.25, -0.2) is 0 Å². The van der Waals surface area contributed by atoms with Gasteiger partial charge in [0, 0.05) is 0 Å². The Bertz CT molecular complexity index is 3.25. The summed E-state index contributed by atoms with van der Waals surface area (Å²) in [6, 6.07) is 0. The van der Waals surface area contributed by atoms with Crippen molar-refractivity contribution in [1.29, 1.82) is 0 Å². The van der Waals surface area contributed by atoms with Crippen LogP contribution in [0.1, 0.15) is 0 Å². The van der Waals surface area contributed by atoms with Crippen LogP contribution in [0.2, 0.25) is 0 Å². The Labute approximate surface area is 39.4 Å². The summed E-state index contributed by atoms with van der Waals surface area (Å²) >= 11 is 0. The molecule has 0 amide bonds. The van der Waals surface area contributed by atoms with E-state index in [9.17, 15) is 0 Å². The fourth-order valence-electron chi connectivity index (χ4n) is 0.